The Morgan fingerprint density at radius 2 is 2.10 bits per heavy atom. The molecule has 1 atom stereocenters. The van der Waals surface area contributed by atoms with Gasteiger partial charge in [-0.2, -0.15) is 0 Å². The molecule has 0 aliphatic rings. The molecule has 4 nitrogen and oxygen atoms in total. The highest BCUT2D eigenvalue weighted by atomic mass is 19.1. The topological polar surface area (TPSA) is 58.7 Å². The molecule has 0 saturated carbocycles. The molecule has 3 N–H and O–H groups in total. The Morgan fingerprint density at radius 3 is 2.70 bits per heavy atom. The third kappa shape index (κ3) is 4.74. The lowest BCUT2D eigenvalue weighted by atomic mass is 10.0. The molecule has 1 rings (SSSR count). The van der Waals surface area contributed by atoms with Crippen molar-refractivity contribution in [2.45, 2.75) is 25.8 Å². The number of aliphatic hydroxyl groups is 1. The first-order chi connectivity index (χ1) is 9.63. The van der Waals surface area contributed by atoms with Crippen LogP contribution in [-0.4, -0.2) is 43.4 Å². The molecule has 20 heavy (non-hydrogen) atoms. The van der Waals surface area contributed by atoms with Crippen molar-refractivity contribution in [3.8, 4) is 5.75 Å². The summed E-state index contributed by atoms with van der Waals surface area (Å²) in [5, 5.41) is 9.02. The summed E-state index contributed by atoms with van der Waals surface area (Å²) in [6.07, 6.45) is 1.63. The van der Waals surface area contributed by atoms with Crippen LogP contribution in [0.25, 0.3) is 0 Å². The Hall–Kier alpha value is -1.17. The van der Waals surface area contributed by atoms with Gasteiger partial charge in [-0.3, -0.25) is 0 Å². The smallest absolute Gasteiger partial charge is 0.131 e. The number of aliphatic hydroxyl groups excluding tert-OH is 1. The minimum absolute atomic E-state index is 0.123. The van der Waals surface area contributed by atoms with Gasteiger partial charge in [0.15, 0.2) is 0 Å². The first-order valence-electron chi connectivity index (χ1n) is 7.05. The molecule has 5 heteroatoms. The van der Waals surface area contributed by atoms with Crippen molar-refractivity contribution < 1.29 is 14.2 Å². The molecular formula is C15H25FN2O2. The maximum Gasteiger partial charge on any atom is 0.131 e. The van der Waals surface area contributed by atoms with E-state index in [-0.39, 0.29) is 12.4 Å². The first kappa shape index (κ1) is 16.9. The van der Waals surface area contributed by atoms with E-state index in [4.69, 9.17) is 15.6 Å². The Morgan fingerprint density at radius 1 is 1.35 bits per heavy atom. The Kier molecular flexibility index (Phi) is 7.51. The molecule has 1 aromatic rings. The zero-order chi connectivity index (χ0) is 15.0. The van der Waals surface area contributed by atoms with E-state index in [9.17, 15) is 4.39 Å². The zero-order valence-electron chi connectivity index (χ0n) is 12.3. The number of nitrogens with two attached hydrogens (primary N) is 1. The van der Waals surface area contributed by atoms with Gasteiger partial charge >= 0.3 is 0 Å². The molecule has 0 aliphatic carbocycles. The predicted octanol–water partition coefficient (Wildman–Crippen LogP) is 1.93. The fourth-order valence-electron chi connectivity index (χ4n) is 2.31. The van der Waals surface area contributed by atoms with Crippen molar-refractivity contribution in [1.29, 1.82) is 0 Å². The van der Waals surface area contributed by atoms with E-state index in [1.165, 1.54) is 13.2 Å². The fraction of sp³-hybridized carbons (Fsp3) is 0.600. The van der Waals surface area contributed by atoms with Gasteiger partial charge < -0.3 is 20.5 Å². The van der Waals surface area contributed by atoms with Crippen molar-refractivity contribution in [3.05, 3.63) is 29.6 Å². The van der Waals surface area contributed by atoms with Crippen LogP contribution < -0.4 is 10.5 Å². The van der Waals surface area contributed by atoms with Crippen LogP contribution in [0.1, 0.15) is 31.4 Å². The molecule has 0 aliphatic heterocycles. The van der Waals surface area contributed by atoms with Gasteiger partial charge in [-0.25, -0.2) is 4.39 Å². The van der Waals surface area contributed by atoms with Crippen LogP contribution >= 0.6 is 0 Å². The Labute approximate surface area is 120 Å². The summed E-state index contributed by atoms with van der Waals surface area (Å²) in [5.41, 5.74) is 6.53. The number of ether oxygens (including phenoxy) is 1. The van der Waals surface area contributed by atoms with E-state index in [0.29, 0.717) is 24.3 Å². The highest BCUT2D eigenvalue weighted by Crippen LogP contribution is 2.28. The van der Waals surface area contributed by atoms with Gasteiger partial charge in [0.25, 0.3) is 0 Å². The van der Waals surface area contributed by atoms with Gasteiger partial charge in [0.2, 0.25) is 0 Å². The van der Waals surface area contributed by atoms with Crippen molar-refractivity contribution in [1.82, 2.24) is 4.90 Å². The third-order valence-corrected chi connectivity index (χ3v) is 3.32. The highest BCUT2D eigenvalue weighted by Gasteiger charge is 2.17. The molecule has 0 spiro atoms. The van der Waals surface area contributed by atoms with Crippen LogP contribution in [0.2, 0.25) is 0 Å². The molecule has 0 amide bonds. The van der Waals surface area contributed by atoms with Gasteiger partial charge in [0.1, 0.15) is 11.6 Å². The summed E-state index contributed by atoms with van der Waals surface area (Å²) in [5.74, 6) is 0.155. The molecule has 0 aromatic heterocycles. The Balaban J connectivity index is 2.68. The predicted molar refractivity (Wildman–Crippen MR) is 78.3 cm³/mol. The van der Waals surface area contributed by atoms with Crippen LogP contribution in [0, 0.1) is 5.82 Å². The third-order valence-electron chi connectivity index (χ3n) is 3.32. The number of halogens is 1. The summed E-state index contributed by atoms with van der Waals surface area (Å²) in [6, 6.07) is 4.31. The van der Waals surface area contributed by atoms with Gasteiger partial charge in [-0.15, -0.1) is 0 Å². The van der Waals surface area contributed by atoms with E-state index in [2.05, 4.69) is 11.8 Å². The van der Waals surface area contributed by atoms with E-state index in [1.807, 2.05) is 0 Å². The molecule has 0 saturated heterocycles. The lowest BCUT2D eigenvalue weighted by molar-refractivity contribution is 0.191. The molecule has 0 fully saturated rings. The minimum atomic E-state index is -0.413. The number of hydrogen-bond donors (Lipinski definition) is 2. The van der Waals surface area contributed by atoms with Crippen LogP contribution in [0.3, 0.4) is 0 Å². The standard InChI is InChI=1S/C15H25FN2O2/c1-3-8-18(10-11-19)9-7-13(17)15-12(16)5-4-6-14(15)20-2/h4-6,13,19H,3,7-11,17H2,1-2H3. The van der Waals surface area contributed by atoms with Gasteiger partial charge in [-0.1, -0.05) is 13.0 Å². The zero-order valence-corrected chi connectivity index (χ0v) is 12.3. The largest absolute Gasteiger partial charge is 0.496 e. The lowest BCUT2D eigenvalue weighted by Crippen LogP contribution is -2.31. The van der Waals surface area contributed by atoms with E-state index in [1.54, 1.807) is 12.1 Å². The number of nitrogens with zero attached hydrogens (tertiary/aromatic N) is 1. The van der Waals surface area contributed by atoms with E-state index >= 15 is 0 Å². The summed E-state index contributed by atoms with van der Waals surface area (Å²) in [7, 11) is 1.51. The molecular weight excluding hydrogens is 259 g/mol. The summed E-state index contributed by atoms with van der Waals surface area (Å²) < 4.78 is 19.1. The van der Waals surface area contributed by atoms with Crippen molar-refractivity contribution in [2.24, 2.45) is 5.73 Å². The van der Waals surface area contributed by atoms with Crippen LogP contribution in [0.15, 0.2) is 18.2 Å². The molecule has 0 bridgehead atoms. The molecule has 114 valence electrons. The van der Waals surface area contributed by atoms with E-state index in [0.717, 1.165) is 19.5 Å². The second-order valence-corrected chi connectivity index (χ2v) is 4.82. The maximum atomic E-state index is 13.9. The second-order valence-electron chi connectivity index (χ2n) is 4.82. The van der Waals surface area contributed by atoms with Crippen molar-refractivity contribution in [2.75, 3.05) is 33.4 Å². The van der Waals surface area contributed by atoms with Crippen LogP contribution in [-0.2, 0) is 0 Å². The number of methoxy groups -OCH3 is 1. The maximum absolute atomic E-state index is 13.9. The number of hydrogen-bond acceptors (Lipinski definition) is 4. The molecule has 0 radical (unpaired) electrons. The van der Waals surface area contributed by atoms with Crippen molar-refractivity contribution >= 4 is 0 Å². The normalized spacial score (nSPS) is 12.7. The SMILES string of the molecule is CCCN(CCO)CCC(N)c1c(F)cccc1OC. The highest BCUT2D eigenvalue weighted by molar-refractivity contribution is 5.37. The summed E-state index contributed by atoms with van der Waals surface area (Å²) in [6.45, 7) is 4.46. The van der Waals surface area contributed by atoms with Gasteiger partial charge in [0.05, 0.1) is 13.7 Å². The number of benzene rings is 1. The van der Waals surface area contributed by atoms with Crippen molar-refractivity contribution in [3.63, 3.8) is 0 Å². The molecule has 1 unspecified atom stereocenters. The van der Waals surface area contributed by atoms with E-state index < -0.39 is 6.04 Å². The monoisotopic (exact) mass is 284 g/mol. The molecule has 1 aromatic carbocycles. The summed E-state index contributed by atoms with van der Waals surface area (Å²) >= 11 is 0. The average molecular weight is 284 g/mol. The summed E-state index contributed by atoms with van der Waals surface area (Å²) in [4.78, 5) is 2.13. The van der Waals surface area contributed by atoms with Crippen LogP contribution in [0.5, 0.6) is 5.75 Å². The minimum Gasteiger partial charge on any atom is -0.496 e. The second kappa shape index (κ2) is 8.89. The first-order valence-corrected chi connectivity index (χ1v) is 7.05. The quantitative estimate of drug-likeness (QED) is 0.727. The van der Waals surface area contributed by atoms with Gasteiger partial charge in [-0.05, 0) is 31.5 Å². The Bertz CT molecular complexity index is 395. The van der Waals surface area contributed by atoms with Crippen LogP contribution in [0.4, 0.5) is 4.39 Å². The number of rotatable bonds is 9. The average Bonchev–Trinajstić information content (AvgIpc) is 2.44. The lowest BCUT2D eigenvalue weighted by Gasteiger charge is -2.23. The van der Waals surface area contributed by atoms with Gasteiger partial charge in [0, 0.05) is 24.7 Å². The molecule has 0 heterocycles. The fourth-order valence-corrected chi connectivity index (χ4v) is 2.31.